The number of pyridine rings is 1. The van der Waals surface area contributed by atoms with Gasteiger partial charge in [0.25, 0.3) is 0 Å². The third kappa shape index (κ3) is 4.91. The summed E-state index contributed by atoms with van der Waals surface area (Å²) in [7, 11) is 0. The summed E-state index contributed by atoms with van der Waals surface area (Å²) in [6.07, 6.45) is 5.28. The average molecular weight is 262 g/mol. The molecule has 0 saturated carbocycles. The summed E-state index contributed by atoms with van der Waals surface area (Å²) in [4.78, 5) is 27.1. The predicted octanol–water partition coefficient (Wildman–Crippen LogP) is 1.65. The van der Waals surface area contributed by atoms with Gasteiger partial charge in [-0.1, -0.05) is 6.07 Å². The molecule has 5 heteroatoms. The molecule has 0 N–H and O–H groups in total. The zero-order valence-corrected chi connectivity index (χ0v) is 11.0. The molecule has 0 spiro atoms. The first-order valence-electron chi connectivity index (χ1n) is 6.03. The van der Waals surface area contributed by atoms with Crippen LogP contribution in [0.4, 0.5) is 0 Å². The number of nitrogens with zero attached hydrogens (tertiary/aromatic N) is 1. The summed E-state index contributed by atoms with van der Waals surface area (Å²) in [6, 6.07) is 5.18. The number of carbonyl (C=O) groups excluding carboxylic acids is 2. The first kappa shape index (κ1) is 14.9. The third-order valence-corrected chi connectivity index (χ3v) is 2.19. The lowest BCUT2D eigenvalue weighted by Gasteiger charge is -2.10. The minimum absolute atomic E-state index is 0.257. The quantitative estimate of drug-likeness (QED) is 0.576. The van der Waals surface area contributed by atoms with Gasteiger partial charge in [0.05, 0.1) is 25.0 Å². The van der Waals surface area contributed by atoms with Gasteiger partial charge in [-0.25, -0.2) is 4.79 Å². The molecule has 1 heterocycles. The number of aromatic nitrogens is 1. The first-order valence-corrected chi connectivity index (χ1v) is 6.03. The van der Waals surface area contributed by atoms with Gasteiger partial charge in [0.2, 0.25) is 0 Å². The van der Waals surface area contributed by atoms with Crippen molar-refractivity contribution in [3.05, 3.63) is 42.2 Å². The second-order valence-corrected chi connectivity index (χ2v) is 3.52. The maximum absolute atomic E-state index is 11.8. The Hall–Kier alpha value is -2.17. The topological polar surface area (TPSA) is 65.5 Å². The molecule has 0 fully saturated rings. The molecule has 101 valence electrons. The van der Waals surface area contributed by atoms with Crippen LogP contribution in [-0.4, -0.2) is 30.1 Å². The number of carbonyl (C=O) groups is 2. The average Bonchev–Trinajstić information content (AvgIpc) is 2.41. The molecule has 1 radical (unpaired) electrons. The molecular weight excluding hydrogens is 246 g/mol. The van der Waals surface area contributed by atoms with Crippen LogP contribution in [0.25, 0.3) is 0 Å². The van der Waals surface area contributed by atoms with Gasteiger partial charge in [0, 0.05) is 6.20 Å². The van der Waals surface area contributed by atoms with Crippen LogP contribution in [0.5, 0.6) is 0 Å². The summed E-state index contributed by atoms with van der Waals surface area (Å²) in [5, 5.41) is 0. The molecule has 0 aromatic carbocycles. The molecule has 0 bridgehead atoms. The molecular formula is C14H16NO4. The number of rotatable bonds is 6. The minimum atomic E-state index is -0.759. The Kier molecular flexibility index (Phi) is 6.29. The van der Waals surface area contributed by atoms with E-state index in [9.17, 15) is 9.59 Å². The number of esters is 2. The molecule has 1 unspecified atom stereocenters. The second kappa shape index (κ2) is 8.02. The smallest absolute Gasteiger partial charge is 0.338 e. The van der Waals surface area contributed by atoms with Gasteiger partial charge < -0.3 is 9.47 Å². The van der Waals surface area contributed by atoms with Gasteiger partial charge in [0.1, 0.15) is 5.92 Å². The number of hydrogen-bond acceptors (Lipinski definition) is 5. The van der Waals surface area contributed by atoms with E-state index < -0.39 is 17.9 Å². The molecule has 1 atom stereocenters. The maximum Gasteiger partial charge on any atom is 0.338 e. The predicted molar refractivity (Wildman–Crippen MR) is 68.1 cm³/mol. The highest BCUT2D eigenvalue weighted by Gasteiger charge is 2.20. The Morgan fingerprint density at radius 2 is 2.05 bits per heavy atom. The van der Waals surface area contributed by atoms with Crippen molar-refractivity contribution in [2.24, 2.45) is 0 Å². The Morgan fingerprint density at radius 1 is 1.32 bits per heavy atom. The van der Waals surface area contributed by atoms with Crippen LogP contribution in [0, 0.1) is 6.08 Å². The highest BCUT2D eigenvalue weighted by atomic mass is 16.5. The van der Waals surface area contributed by atoms with Crippen molar-refractivity contribution in [2.45, 2.75) is 19.8 Å². The van der Waals surface area contributed by atoms with E-state index in [0.717, 1.165) is 0 Å². The van der Waals surface area contributed by atoms with Crippen molar-refractivity contribution < 1.29 is 19.1 Å². The van der Waals surface area contributed by atoms with Crippen molar-refractivity contribution in [1.82, 2.24) is 4.98 Å². The maximum atomic E-state index is 11.8. The highest BCUT2D eigenvalue weighted by Crippen LogP contribution is 2.16. The molecule has 0 aliphatic heterocycles. The Morgan fingerprint density at radius 3 is 2.63 bits per heavy atom. The Bertz CT molecular complexity index is 442. The molecule has 0 aliphatic carbocycles. The van der Waals surface area contributed by atoms with Crippen LogP contribution in [0.3, 0.4) is 0 Å². The zero-order chi connectivity index (χ0) is 14.1. The molecule has 1 rings (SSSR count). The van der Waals surface area contributed by atoms with Crippen LogP contribution in [-0.2, 0) is 19.1 Å². The molecule has 1 aromatic heterocycles. The summed E-state index contributed by atoms with van der Waals surface area (Å²) in [5.41, 5.74) is 0.498. The van der Waals surface area contributed by atoms with Crippen molar-refractivity contribution in [3.63, 3.8) is 0 Å². The number of hydrogen-bond donors (Lipinski definition) is 0. The van der Waals surface area contributed by atoms with E-state index in [1.54, 1.807) is 38.2 Å². The van der Waals surface area contributed by atoms with Crippen molar-refractivity contribution in [1.29, 1.82) is 0 Å². The van der Waals surface area contributed by atoms with Gasteiger partial charge >= 0.3 is 11.9 Å². The largest absolute Gasteiger partial charge is 0.465 e. The summed E-state index contributed by atoms with van der Waals surface area (Å²) in [5.74, 6) is -1.85. The van der Waals surface area contributed by atoms with Crippen LogP contribution < -0.4 is 0 Å². The second-order valence-electron chi connectivity index (χ2n) is 3.52. The van der Waals surface area contributed by atoms with Gasteiger partial charge in [-0.15, -0.1) is 0 Å². The molecule has 0 aliphatic rings. The normalized spacial score (nSPS) is 12.1. The van der Waals surface area contributed by atoms with E-state index in [4.69, 9.17) is 9.47 Å². The van der Waals surface area contributed by atoms with Gasteiger partial charge in [-0.2, -0.15) is 0 Å². The fourth-order valence-corrected chi connectivity index (χ4v) is 1.39. The monoisotopic (exact) mass is 262 g/mol. The van der Waals surface area contributed by atoms with Crippen LogP contribution in [0.2, 0.25) is 0 Å². The molecule has 0 amide bonds. The fraction of sp³-hybridized carbons (Fsp3) is 0.357. The first-order chi connectivity index (χ1) is 9.19. The van der Waals surface area contributed by atoms with Crippen molar-refractivity contribution >= 4 is 11.9 Å². The fourth-order valence-electron chi connectivity index (χ4n) is 1.39. The standard InChI is InChI=1S/C14H16NO4/c1-3-18-13(16)9-8-11(14(17)19-4-2)12-7-5-6-10-15-12/h5-8,10-11H,3-4H2,1-2H3. The van der Waals surface area contributed by atoms with Gasteiger partial charge in [-0.3, -0.25) is 9.78 Å². The van der Waals surface area contributed by atoms with Crippen LogP contribution in [0.15, 0.2) is 30.5 Å². The van der Waals surface area contributed by atoms with Gasteiger partial charge in [-0.05, 0) is 32.1 Å². The van der Waals surface area contributed by atoms with Crippen molar-refractivity contribution in [3.8, 4) is 0 Å². The lowest BCUT2D eigenvalue weighted by atomic mass is 10.0. The van der Waals surface area contributed by atoms with Gasteiger partial charge in [0.15, 0.2) is 0 Å². The van der Waals surface area contributed by atoms with Crippen LogP contribution in [0.1, 0.15) is 25.5 Å². The van der Waals surface area contributed by atoms with E-state index in [0.29, 0.717) is 5.69 Å². The Balaban J connectivity index is 2.87. The zero-order valence-electron chi connectivity index (χ0n) is 11.0. The van der Waals surface area contributed by atoms with E-state index in [-0.39, 0.29) is 13.2 Å². The van der Waals surface area contributed by atoms with E-state index in [1.165, 1.54) is 6.08 Å². The molecule has 19 heavy (non-hydrogen) atoms. The molecule has 5 nitrogen and oxygen atoms in total. The highest BCUT2D eigenvalue weighted by molar-refractivity contribution is 5.83. The minimum Gasteiger partial charge on any atom is -0.465 e. The lowest BCUT2D eigenvalue weighted by Crippen LogP contribution is -2.16. The van der Waals surface area contributed by atoms with Crippen LogP contribution >= 0.6 is 0 Å². The third-order valence-electron chi connectivity index (χ3n) is 2.19. The van der Waals surface area contributed by atoms with Crippen molar-refractivity contribution in [2.75, 3.05) is 13.2 Å². The van der Waals surface area contributed by atoms with E-state index in [2.05, 4.69) is 11.1 Å². The van der Waals surface area contributed by atoms with E-state index in [1.807, 2.05) is 0 Å². The molecule has 1 aromatic rings. The Labute approximate surface area is 112 Å². The summed E-state index contributed by atoms with van der Waals surface area (Å²) in [6.45, 7) is 3.93. The number of ether oxygens (including phenoxy) is 2. The molecule has 0 saturated heterocycles. The summed E-state index contributed by atoms with van der Waals surface area (Å²) >= 11 is 0. The lowest BCUT2D eigenvalue weighted by molar-refractivity contribution is -0.143. The summed E-state index contributed by atoms with van der Waals surface area (Å²) < 4.78 is 9.66. The van der Waals surface area contributed by atoms with E-state index >= 15 is 0 Å². The SMILES string of the molecule is CCOC(=O)[C]=CC(C(=O)OCC)c1ccccn1.